The van der Waals surface area contributed by atoms with E-state index in [1.165, 1.54) is 37.6 Å². The number of fused-ring (bicyclic) bond motifs is 1. The number of thioether (sulfide) groups is 1. The van der Waals surface area contributed by atoms with Gasteiger partial charge in [-0.2, -0.15) is 0 Å². The fourth-order valence-electron chi connectivity index (χ4n) is 3.35. The number of hydrogen-bond acceptors (Lipinski definition) is 3. The van der Waals surface area contributed by atoms with Gasteiger partial charge in [-0.1, -0.05) is 43.2 Å². The quantitative estimate of drug-likeness (QED) is 0.596. The molecule has 2 aromatic rings. The number of benzene rings is 1. The summed E-state index contributed by atoms with van der Waals surface area (Å²) in [7, 11) is 0. The minimum atomic E-state index is -0.721. The van der Waals surface area contributed by atoms with Crippen LogP contribution in [-0.4, -0.2) is 26.4 Å². The monoisotopic (exact) mass is 332 g/mol. The summed E-state index contributed by atoms with van der Waals surface area (Å²) in [6.45, 7) is 1.04. The Morgan fingerprint density at radius 2 is 2.04 bits per heavy atom. The first kappa shape index (κ1) is 16.4. The molecule has 1 aliphatic rings. The molecular weight excluding hydrogens is 308 g/mol. The van der Waals surface area contributed by atoms with Gasteiger partial charge in [0.15, 0.2) is 5.16 Å². The molecule has 5 heteroatoms. The largest absolute Gasteiger partial charge is 0.481 e. The average Bonchev–Trinajstić information content (AvgIpc) is 2.90. The van der Waals surface area contributed by atoms with E-state index in [1.54, 1.807) is 11.8 Å². The molecule has 1 heterocycles. The molecule has 1 N–H and O–H groups in total. The number of imidazole rings is 1. The molecule has 0 bridgehead atoms. The zero-order valence-electron chi connectivity index (χ0n) is 13.4. The predicted octanol–water partition coefficient (Wildman–Crippen LogP) is 4.57. The molecule has 3 rings (SSSR count). The number of aliphatic carboxylic acids is 1. The minimum Gasteiger partial charge on any atom is -0.481 e. The van der Waals surface area contributed by atoms with Crippen LogP contribution >= 0.6 is 11.8 Å². The highest BCUT2D eigenvalue weighted by Gasteiger charge is 2.18. The first-order valence-electron chi connectivity index (χ1n) is 8.54. The Morgan fingerprint density at radius 1 is 1.26 bits per heavy atom. The Bertz CT molecular complexity index is 662. The summed E-state index contributed by atoms with van der Waals surface area (Å²) in [4.78, 5) is 15.4. The topological polar surface area (TPSA) is 55.1 Å². The summed E-state index contributed by atoms with van der Waals surface area (Å²) in [5.41, 5.74) is 2.25. The molecule has 4 nitrogen and oxygen atoms in total. The standard InChI is InChI=1S/C18H24N2O2S/c21-17(22)11-6-12-23-18-19-15-9-4-5-10-16(15)20(18)13-14-7-2-1-3-8-14/h4-5,9-10,14H,1-3,6-8,11-13H2,(H,21,22). The van der Waals surface area contributed by atoms with E-state index >= 15 is 0 Å². The lowest BCUT2D eigenvalue weighted by Crippen LogP contribution is -2.14. The van der Waals surface area contributed by atoms with Crippen molar-refractivity contribution in [2.75, 3.05) is 5.75 Å². The molecule has 1 aliphatic carbocycles. The Kier molecular flexibility index (Phi) is 5.60. The molecule has 1 fully saturated rings. The Labute approximate surface area is 141 Å². The van der Waals surface area contributed by atoms with Crippen molar-refractivity contribution < 1.29 is 9.90 Å². The van der Waals surface area contributed by atoms with Crippen molar-refractivity contribution in [1.29, 1.82) is 0 Å². The number of carbonyl (C=O) groups is 1. The molecule has 0 saturated heterocycles. The number of aromatic nitrogens is 2. The maximum atomic E-state index is 10.7. The number of carboxylic acids is 1. The number of para-hydroxylation sites is 2. The average molecular weight is 332 g/mol. The zero-order chi connectivity index (χ0) is 16.1. The summed E-state index contributed by atoms with van der Waals surface area (Å²) in [6.07, 6.45) is 7.61. The van der Waals surface area contributed by atoms with Gasteiger partial charge in [-0.3, -0.25) is 4.79 Å². The van der Waals surface area contributed by atoms with Gasteiger partial charge >= 0.3 is 5.97 Å². The van der Waals surface area contributed by atoms with Crippen molar-refractivity contribution in [2.24, 2.45) is 5.92 Å². The Morgan fingerprint density at radius 3 is 2.83 bits per heavy atom. The second-order valence-electron chi connectivity index (χ2n) is 6.34. The first-order chi connectivity index (χ1) is 11.2. The van der Waals surface area contributed by atoms with E-state index in [2.05, 4.69) is 22.8 Å². The van der Waals surface area contributed by atoms with Crippen LogP contribution in [0.15, 0.2) is 29.4 Å². The third kappa shape index (κ3) is 4.28. The predicted molar refractivity (Wildman–Crippen MR) is 93.9 cm³/mol. The van der Waals surface area contributed by atoms with Crippen LogP contribution in [0.3, 0.4) is 0 Å². The van der Waals surface area contributed by atoms with Crippen LogP contribution in [0.4, 0.5) is 0 Å². The maximum Gasteiger partial charge on any atom is 0.303 e. The van der Waals surface area contributed by atoms with E-state index < -0.39 is 5.97 Å². The van der Waals surface area contributed by atoms with E-state index in [0.29, 0.717) is 6.42 Å². The highest BCUT2D eigenvalue weighted by molar-refractivity contribution is 7.99. The van der Waals surface area contributed by atoms with Crippen LogP contribution in [0.5, 0.6) is 0 Å². The summed E-state index contributed by atoms with van der Waals surface area (Å²) in [5.74, 6) is 0.835. The fourth-order valence-corrected chi connectivity index (χ4v) is 4.32. The van der Waals surface area contributed by atoms with Crippen LogP contribution in [0, 0.1) is 5.92 Å². The lowest BCUT2D eigenvalue weighted by molar-refractivity contribution is -0.137. The van der Waals surface area contributed by atoms with Crippen molar-refractivity contribution in [3.8, 4) is 0 Å². The molecular formula is C18H24N2O2S. The van der Waals surface area contributed by atoms with E-state index in [-0.39, 0.29) is 6.42 Å². The molecule has 23 heavy (non-hydrogen) atoms. The van der Waals surface area contributed by atoms with Gasteiger partial charge in [-0.05, 0) is 37.3 Å². The van der Waals surface area contributed by atoms with Gasteiger partial charge in [0.25, 0.3) is 0 Å². The Balaban J connectivity index is 1.75. The zero-order valence-corrected chi connectivity index (χ0v) is 14.2. The molecule has 0 radical (unpaired) electrons. The molecule has 1 aromatic carbocycles. The van der Waals surface area contributed by atoms with Crippen LogP contribution in [0.2, 0.25) is 0 Å². The van der Waals surface area contributed by atoms with Gasteiger partial charge in [-0.15, -0.1) is 0 Å². The molecule has 1 aromatic heterocycles. The second kappa shape index (κ2) is 7.86. The lowest BCUT2D eigenvalue weighted by atomic mass is 9.89. The van der Waals surface area contributed by atoms with Crippen LogP contribution < -0.4 is 0 Å². The van der Waals surface area contributed by atoms with Crippen molar-refractivity contribution in [3.05, 3.63) is 24.3 Å². The number of hydrogen-bond donors (Lipinski definition) is 1. The maximum absolute atomic E-state index is 10.7. The van der Waals surface area contributed by atoms with Gasteiger partial charge in [0.1, 0.15) is 0 Å². The Hall–Kier alpha value is -1.49. The van der Waals surface area contributed by atoms with Crippen molar-refractivity contribution in [1.82, 2.24) is 9.55 Å². The third-order valence-electron chi connectivity index (χ3n) is 4.55. The summed E-state index contributed by atoms with van der Waals surface area (Å²) < 4.78 is 2.36. The normalized spacial score (nSPS) is 16.0. The van der Waals surface area contributed by atoms with Crippen LogP contribution in [-0.2, 0) is 11.3 Å². The van der Waals surface area contributed by atoms with Gasteiger partial charge in [0.2, 0.25) is 0 Å². The number of nitrogens with zero attached hydrogens (tertiary/aromatic N) is 2. The van der Waals surface area contributed by atoms with E-state index in [9.17, 15) is 4.79 Å². The van der Waals surface area contributed by atoms with Gasteiger partial charge < -0.3 is 9.67 Å². The van der Waals surface area contributed by atoms with Crippen LogP contribution in [0.1, 0.15) is 44.9 Å². The second-order valence-corrected chi connectivity index (χ2v) is 7.41. The fraction of sp³-hybridized carbons (Fsp3) is 0.556. The summed E-state index contributed by atoms with van der Waals surface area (Å²) >= 11 is 1.69. The molecule has 0 aliphatic heterocycles. The molecule has 0 unspecified atom stereocenters. The highest BCUT2D eigenvalue weighted by atomic mass is 32.2. The third-order valence-corrected chi connectivity index (χ3v) is 5.61. The van der Waals surface area contributed by atoms with Crippen molar-refractivity contribution in [2.45, 2.75) is 56.6 Å². The molecule has 0 atom stereocenters. The minimum absolute atomic E-state index is 0.232. The molecule has 0 spiro atoms. The molecule has 0 amide bonds. The van der Waals surface area contributed by atoms with Gasteiger partial charge in [0, 0.05) is 18.7 Å². The van der Waals surface area contributed by atoms with E-state index in [0.717, 1.165) is 28.9 Å². The van der Waals surface area contributed by atoms with Gasteiger partial charge in [0.05, 0.1) is 11.0 Å². The SMILES string of the molecule is O=C(O)CCCSc1nc2ccccc2n1CC1CCCCC1. The van der Waals surface area contributed by atoms with E-state index in [4.69, 9.17) is 10.1 Å². The number of carboxylic acid groups (broad SMARTS) is 1. The van der Waals surface area contributed by atoms with Gasteiger partial charge in [-0.25, -0.2) is 4.98 Å². The smallest absolute Gasteiger partial charge is 0.303 e. The van der Waals surface area contributed by atoms with Crippen molar-refractivity contribution >= 4 is 28.8 Å². The molecule has 1 saturated carbocycles. The highest BCUT2D eigenvalue weighted by Crippen LogP contribution is 2.30. The summed E-state index contributed by atoms with van der Waals surface area (Å²) in [6, 6.07) is 8.31. The van der Waals surface area contributed by atoms with Crippen molar-refractivity contribution in [3.63, 3.8) is 0 Å². The van der Waals surface area contributed by atoms with Crippen LogP contribution in [0.25, 0.3) is 11.0 Å². The lowest BCUT2D eigenvalue weighted by Gasteiger charge is -2.23. The van der Waals surface area contributed by atoms with E-state index in [1.807, 2.05) is 6.07 Å². The number of rotatable bonds is 7. The summed E-state index contributed by atoms with van der Waals surface area (Å²) in [5, 5.41) is 9.81. The molecule has 124 valence electrons. The first-order valence-corrected chi connectivity index (χ1v) is 9.52.